The van der Waals surface area contributed by atoms with Crippen LogP contribution in [0.5, 0.6) is 0 Å². The van der Waals surface area contributed by atoms with E-state index in [1.807, 2.05) is 6.07 Å². The van der Waals surface area contributed by atoms with Crippen LogP contribution in [0.1, 0.15) is 27.7 Å². The van der Waals surface area contributed by atoms with E-state index in [4.69, 9.17) is 4.74 Å². The third-order valence-corrected chi connectivity index (χ3v) is 5.66. The van der Waals surface area contributed by atoms with Gasteiger partial charge in [-0.25, -0.2) is 9.18 Å². The van der Waals surface area contributed by atoms with Crippen molar-refractivity contribution in [3.8, 4) is 0 Å². The molecular weight excluding hydrogens is 335 g/mol. The number of ether oxygens (including phenoxy) is 1. The number of benzene rings is 1. The van der Waals surface area contributed by atoms with Crippen LogP contribution < -0.4 is 0 Å². The molecule has 2 aliphatic rings. The highest BCUT2D eigenvalue weighted by atomic mass is 19.1. The molecule has 0 bridgehead atoms. The molecule has 2 saturated heterocycles. The van der Waals surface area contributed by atoms with Gasteiger partial charge in [-0.1, -0.05) is 12.1 Å². The fourth-order valence-corrected chi connectivity index (χ4v) is 4.62. The summed E-state index contributed by atoms with van der Waals surface area (Å²) in [7, 11) is 3.48. The number of H-pyrrole nitrogens is 1. The quantitative estimate of drug-likeness (QED) is 0.848. The molecule has 3 heterocycles. The molecular formula is C19H23FN4O2. The van der Waals surface area contributed by atoms with Gasteiger partial charge < -0.3 is 4.74 Å². The van der Waals surface area contributed by atoms with Gasteiger partial charge in [-0.3, -0.25) is 14.9 Å². The number of hydrogen-bond donors (Lipinski definition) is 1. The molecule has 1 aromatic heterocycles. The number of hydrogen-bond acceptors (Lipinski definition) is 5. The van der Waals surface area contributed by atoms with Gasteiger partial charge in [0.2, 0.25) is 0 Å². The van der Waals surface area contributed by atoms with Crippen LogP contribution in [0.4, 0.5) is 4.39 Å². The average molecular weight is 358 g/mol. The molecule has 26 heavy (non-hydrogen) atoms. The minimum Gasteiger partial charge on any atom is -0.464 e. The Morgan fingerprint density at radius 3 is 3.00 bits per heavy atom. The molecule has 3 atom stereocenters. The summed E-state index contributed by atoms with van der Waals surface area (Å²) in [6.07, 6.45) is 1.69. The third kappa shape index (κ3) is 3.01. The van der Waals surface area contributed by atoms with E-state index in [0.717, 1.165) is 30.8 Å². The summed E-state index contributed by atoms with van der Waals surface area (Å²) in [4.78, 5) is 16.5. The first kappa shape index (κ1) is 17.2. The van der Waals surface area contributed by atoms with Crippen molar-refractivity contribution in [3.63, 3.8) is 0 Å². The number of aromatic nitrogens is 2. The van der Waals surface area contributed by atoms with Crippen LogP contribution in [0.2, 0.25) is 0 Å². The minimum absolute atomic E-state index is 0.185. The summed E-state index contributed by atoms with van der Waals surface area (Å²) < 4.78 is 18.5. The molecule has 0 unspecified atom stereocenters. The lowest BCUT2D eigenvalue weighted by Gasteiger charge is -2.26. The Labute approximate surface area is 151 Å². The van der Waals surface area contributed by atoms with Gasteiger partial charge in [0, 0.05) is 37.8 Å². The minimum atomic E-state index is -0.394. The van der Waals surface area contributed by atoms with Gasteiger partial charge in [0.25, 0.3) is 0 Å². The van der Waals surface area contributed by atoms with Gasteiger partial charge in [0.15, 0.2) is 0 Å². The predicted molar refractivity (Wildman–Crippen MR) is 94.0 cm³/mol. The van der Waals surface area contributed by atoms with E-state index in [0.29, 0.717) is 24.1 Å². The topological polar surface area (TPSA) is 61.5 Å². The molecule has 1 aromatic carbocycles. The van der Waals surface area contributed by atoms with E-state index >= 15 is 0 Å². The first-order valence-corrected chi connectivity index (χ1v) is 8.85. The summed E-state index contributed by atoms with van der Waals surface area (Å²) in [5, 5.41) is 6.71. The molecule has 0 saturated carbocycles. The van der Waals surface area contributed by atoms with Crippen LogP contribution in [0.3, 0.4) is 0 Å². The molecule has 1 N–H and O–H groups in total. The Bertz CT molecular complexity index is 808. The van der Waals surface area contributed by atoms with E-state index in [1.165, 1.54) is 13.2 Å². The van der Waals surface area contributed by atoms with Crippen molar-refractivity contribution >= 4 is 5.97 Å². The number of aromatic amines is 1. The van der Waals surface area contributed by atoms with E-state index in [2.05, 4.69) is 27.0 Å². The SMILES string of the molecule is COC(=O)c1[nH]ncc1CN1C[C@@H]2CN(C)[C@@H](c3cccc(F)c3)[C@@H]2C1. The highest BCUT2D eigenvalue weighted by Gasteiger charge is 2.46. The van der Waals surface area contributed by atoms with Crippen LogP contribution in [0.15, 0.2) is 30.5 Å². The second-order valence-corrected chi connectivity index (χ2v) is 7.32. The molecule has 0 amide bonds. The number of likely N-dealkylation sites (tertiary alicyclic amines) is 2. The Morgan fingerprint density at radius 2 is 2.23 bits per heavy atom. The van der Waals surface area contributed by atoms with Crippen molar-refractivity contribution in [3.05, 3.63) is 53.1 Å². The second kappa shape index (κ2) is 6.81. The lowest BCUT2D eigenvalue weighted by molar-refractivity contribution is 0.0591. The summed E-state index contributed by atoms with van der Waals surface area (Å²) in [5.41, 5.74) is 2.32. The molecule has 2 fully saturated rings. The third-order valence-electron chi connectivity index (χ3n) is 5.66. The average Bonchev–Trinajstić information content (AvgIpc) is 3.29. The zero-order valence-corrected chi connectivity index (χ0v) is 15.0. The number of carbonyl (C=O) groups is 1. The van der Waals surface area contributed by atoms with Crippen molar-refractivity contribution in [2.24, 2.45) is 11.8 Å². The van der Waals surface area contributed by atoms with Gasteiger partial charge in [-0.2, -0.15) is 5.10 Å². The van der Waals surface area contributed by atoms with E-state index < -0.39 is 5.97 Å². The highest BCUT2D eigenvalue weighted by molar-refractivity contribution is 5.88. The fraction of sp³-hybridized carbons (Fsp3) is 0.474. The van der Waals surface area contributed by atoms with E-state index in [9.17, 15) is 9.18 Å². The van der Waals surface area contributed by atoms with Gasteiger partial charge in [0.05, 0.1) is 13.3 Å². The number of halogens is 1. The molecule has 2 aromatic rings. The molecule has 0 spiro atoms. The largest absolute Gasteiger partial charge is 0.464 e. The van der Waals surface area contributed by atoms with Gasteiger partial charge >= 0.3 is 5.97 Å². The number of esters is 1. The Morgan fingerprint density at radius 1 is 1.38 bits per heavy atom. The standard InChI is InChI=1S/C19H23FN4O2/c1-23-8-14-10-24(9-13-7-21-22-17(13)19(25)26-2)11-16(14)18(23)12-4-3-5-15(20)6-12/h3-7,14,16,18H,8-11H2,1-2H3,(H,21,22)/t14-,16+,18-/m0/s1. The molecule has 7 heteroatoms. The number of carbonyl (C=O) groups excluding carboxylic acids is 1. The van der Waals surface area contributed by atoms with Crippen molar-refractivity contribution in [2.45, 2.75) is 12.6 Å². The Balaban J connectivity index is 1.50. The van der Waals surface area contributed by atoms with Gasteiger partial charge in [-0.15, -0.1) is 0 Å². The monoisotopic (exact) mass is 358 g/mol. The fourth-order valence-electron chi connectivity index (χ4n) is 4.62. The lowest BCUT2D eigenvalue weighted by Crippen LogP contribution is -2.29. The number of nitrogens with one attached hydrogen (secondary N) is 1. The van der Waals surface area contributed by atoms with Crippen LogP contribution in [0.25, 0.3) is 0 Å². The van der Waals surface area contributed by atoms with E-state index in [1.54, 1.807) is 18.3 Å². The number of nitrogens with zero attached hydrogens (tertiary/aromatic N) is 3. The van der Waals surface area contributed by atoms with Crippen LogP contribution in [0, 0.1) is 17.7 Å². The van der Waals surface area contributed by atoms with E-state index in [-0.39, 0.29) is 11.9 Å². The van der Waals surface area contributed by atoms with Crippen molar-refractivity contribution in [1.29, 1.82) is 0 Å². The smallest absolute Gasteiger partial charge is 0.356 e. The van der Waals surface area contributed by atoms with Crippen molar-refractivity contribution in [2.75, 3.05) is 33.8 Å². The number of methoxy groups -OCH3 is 1. The van der Waals surface area contributed by atoms with Gasteiger partial charge in [-0.05, 0) is 36.6 Å². The normalized spacial score (nSPS) is 26.2. The Hall–Kier alpha value is -2.25. The first-order valence-electron chi connectivity index (χ1n) is 8.85. The maximum Gasteiger partial charge on any atom is 0.356 e. The summed E-state index contributed by atoms with van der Waals surface area (Å²) in [6.45, 7) is 3.54. The van der Waals surface area contributed by atoms with Crippen molar-refractivity contribution < 1.29 is 13.9 Å². The maximum absolute atomic E-state index is 13.7. The molecule has 0 radical (unpaired) electrons. The van der Waals surface area contributed by atoms with Crippen LogP contribution in [-0.4, -0.2) is 59.8 Å². The molecule has 0 aliphatic carbocycles. The first-order chi connectivity index (χ1) is 12.6. The lowest BCUT2D eigenvalue weighted by atomic mass is 9.89. The Kier molecular flexibility index (Phi) is 4.50. The predicted octanol–water partition coefficient (Wildman–Crippen LogP) is 2.07. The van der Waals surface area contributed by atoms with Gasteiger partial charge in [0.1, 0.15) is 11.5 Å². The summed E-state index contributed by atoms with van der Waals surface area (Å²) >= 11 is 0. The number of rotatable bonds is 4. The van der Waals surface area contributed by atoms with Crippen LogP contribution >= 0.6 is 0 Å². The molecule has 6 nitrogen and oxygen atoms in total. The van der Waals surface area contributed by atoms with Crippen molar-refractivity contribution in [1.82, 2.24) is 20.0 Å². The second-order valence-electron chi connectivity index (χ2n) is 7.32. The molecule has 4 rings (SSSR count). The van der Waals surface area contributed by atoms with Crippen LogP contribution in [-0.2, 0) is 11.3 Å². The summed E-state index contributed by atoms with van der Waals surface area (Å²) in [5.74, 6) is 0.418. The highest BCUT2D eigenvalue weighted by Crippen LogP contribution is 2.44. The number of fused-ring (bicyclic) bond motifs is 1. The molecule has 138 valence electrons. The molecule has 2 aliphatic heterocycles. The summed E-state index contributed by atoms with van der Waals surface area (Å²) in [6, 6.07) is 7.17. The maximum atomic E-state index is 13.7. The zero-order chi connectivity index (χ0) is 18.3. The zero-order valence-electron chi connectivity index (χ0n) is 15.0.